The molecule has 142 valence electrons. The highest BCUT2D eigenvalue weighted by molar-refractivity contribution is 5.85. The Bertz CT molecular complexity index is 787. The number of hydrogen-bond donors (Lipinski definition) is 0. The third kappa shape index (κ3) is 5.24. The third-order valence-corrected chi connectivity index (χ3v) is 4.32. The molecule has 0 saturated heterocycles. The first-order chi connectivity index (χ1) is 12.8. The molecule has 0 aliphatic carbocycles. The largest absolute Gasteiger partial charge is 0.376 e. The van der Waals surface area contributed by atoms with E-state index in [-0.39, 0.29) is 5.92 Å². The molecule has 5 heteroatoms. The molecule has 1 atom stereocenters. The van der Waals surface area contributed by atoms with Gasteiger partial charge in [-0.3, -0.25) is 4.99 Å². The van der Waals surface area contributed by atoms with Gasteiger partial charge in [-0.05, 0) is 36.2 Å². The van der Waals surface area contributed by atoms with Crippen LogP contribution in [0, 0.1) is 17.2 Å². The molecule has 0 fully saturated rings. The smallest absolute Gasteiger partial charge is 0.0856 e. The number of anilines is 3. The lowest BCUT2D eigenvalue weighted by molar-refractivity contribution is 0.876. The van der Waals surface area contributed by atoms with Crippen LogP contribution >= 0.6 is 0 Å². The highest BCUT2D eigenvalue weighted by Gasteiger charge is 2.17. The third-order valence-electron chi connectivity index (χ3n) is 4.32. The second-order valence-corrected chi connectivity index (χ2v) is 7.22. The monoisotopic (exact) mass is 363 g/mol. The first-order valence-electron chi connectivity index (χ1n) is 9.01. The van der Waals surface area contributed by atoms with E-state index in [1.807, 2.05) is 58.5 Å². The normalized spacial score (nSPS) is 11.9. The van der Waals surface area contributed by atoms with Gasteiger partial charge < -0.3 is 14.7 Å². The van der Waals surface area contributed by atoms with Crippen LogP contribution in [0.5, 0.6) is 0 Å². The molecule has 27 heavy (non-hydrogen) atoms. The summed E-state index contributed by atoms with van der Waals surface area (Å²) in [6.07, 6.45) is 2.38. The summed E-state index contributed by atoms with van der Waals surface area (Å²) in [5.41, 5.74) is 5.43. The summed E-state index contributed by atoms with van der Waals surface area (Å²) in [5, 5.41) is 9.59. The maximum atomic E-state index is 9.59. The van der Waals surface area contributed by atoms with Gasteiger partial charge in [-0.25, -0.2) is 0 Å². The predicted octanol–water partition coefficient (Wildman–Crippen LogP) is 3.97. The quantitative estimate of drug-likeness (QED) is 0.698. The van der Waals surface area contributed by atoms with Gasteiger partial charge in [0.1, 0.15) is 0 Å². The average molecular weight is 364 g/mol. The highest BCUT2D eigenvalue weighted by Crippen LogP contribution is 2.38. The molecule has 0 aliphatic heterocycles. The van der Waals surface area contributed by atoms with Crippen LogP contribution in [0.2, 0.25) is 0 Å². The highest BCUT2D eigenvalue weighted by atomic mass is 15.2. The molecular formula is C22H29N5. The Balaban J connectivity index is 2.37. The van der Waals surface area contributed by atoms with Crippen molar-refractivity contribution in [2.75, 3.05) is 57.0 Å². The van der Waals surface area contributed by atoms with Crippen LogP contribution in [0.4, 0.5) is 22.7 Å². The van der Waals surface area contributed by atoms with Crippen LogP contribution in [-0.2, 0) is 6.42 Å². The molecule has 0 amide bonds. The number of nitriles is 1. The summed E-state index contributed by atoms with van der Waals surface area (Å²) < 4.78 is 0. The van der Waals surface area contributed by atoms with Gasteiger partial charge in [-0.2, -0.15) is 5.26 Å². The number of benzene rings is 2. The Labute approximate surface area is 163 Å². The van der Waals surface area contributed by atoms with Crippen molar-refractivity contribution < 1.29 is 0 Å². The summed E-state index contributed by atoms with van der Waals surface area (Å²) in [4.78, 5) is 10.8. The topological polar surface area (TPSA) is 45.9 Å². The molecular weight excluding hydrogens is 334 g/mol. The Hall–Kier alpha value is -3.00. The number of hydrogen-bond acceptors (Lipinski definition) is 5. The Morgan fingerprint density at radius 1 is 0.926 bits per heavy atom. The minimum absolute atomic E-state index is 0.277. The summed E-state index contributed by atoms with van der Waals surface area (Å²) in [7, 11) is 12.3. The lowest BCUT2D eigenvalue weighted by Crippen LogP contribution is -2.22. The van der Waals surface area contributed by atoms with Crippen molar-refractivity contribution in [2.24, 2.45) is 10.9 Å². The van der Waals surface area contributed by atoms with E-state index >= 15 is 0 Å². The van der Waals surface area contributed by atoms with E-state index in [2.05, 4.69) is 52.0 Å². The van der Waals surface area contributed by atoms with Gasteiger partial charge in [0.05, 0.1) is 34.7 Å². The van der Waals surface area contributed by atoms with Crippen LogP contribution in [0.15, 0.2) is 47.5 Å². The molecule has 0 aromatic heterocycles. The lowest BCUT2D eigenvalue weighted by Gasteiger charge is -2.29. The zero-order chi connectivity index (χ0) is 20.0. The molecule has 1 unspecified atom stereocenters. The van der Waals surface area contributed by atoms with E-state index in [1.54, 1.807) is 6.21 Å². The zero-order valence-corrected chi connectivity index (χ0v) is 17.1. The minimum Gasteiger partial charge on any atom is -0.376 e. The zero-order valence-electron chi connectivity index (χ0n) is 17.1. The molecule has 0 heterocycles. The first-order valence-corrected chi connectivity index (χ1v) is 9.01. The van der Waals surface area contributed by atoms with Gasteiger partial charge in [0.15, 0.2) is 0 Å². The van der Waals surface area contributed by atoms with E-state index in [1.165, 1.54) is 5.69 Å². The molecule has 0 N–H and O–H groups in total. The number of aliphatic imine (C=N–C) groups is 1. The van der Waals surface area contributed by atoms with E-state index in [9.17, 15) is 5.26 Å². The summed E-state index contributed by atoms with van der Waals surface area (Å²) in [6, 6.07) is 16.4. The average Bonchev–Trinajstić information content (AvgIpc) is 2.64. The lowest BCUT2D eigenvalue weighted by atomic mass is 9.99. The summed E-state index contributed by atoms with van der Waals surface area (Å²) in [6.45, 7) is 0. The molecule has 5 nitrogen and oxygen atoms in total. The Morgan fingerprint density at radius 2 is 1.48 bits per heavy atom. The van der Waals surface area contributed by atoms with Crippen molar-refractivity contribution in [2.45, 2.75) is 6.42 Å². The van der Waals surface area contributed by atoms with Crippen LogP contribution in [0.1, 0.15) is 5.56 Å². The van der Waals surface area contributed by atoms with Gasteiger partial charge in [0.2, 0.25) is 0 Å². The fourth-order valence-corrected chi connectivity index (χ4v) is 2.99. The first kappa shape index (κ1) is 20.3. The molecule has 0 aliphatic rings. The van der Waals surface area contributed by atoms with Crippen molar-refractivity contribution >= 4 is 29.0 Å². The molecule has 0 spiro atoms. The second-order valence-electron chi connectivity index (χ2n) is 7.22. The molecule has 2 aromatic carbocycles. The minimum atomic E-state index is -0.277. The standard InChI is InChI=1S/C22H29N5/c1-25(2)20-13-17(14-21(26(3)4)22(20)27(5)6)12-18(15-23)16-24-19-10-8-7-9-11-19/h7-11,13-14,16,18H,12H2,1-6H3. The predicted molar refractivity (Wildman–Crippen MR) is 117 cm³/mol. The SMILES string of the molecule is CN(C)c1cc(CC(C#N)C=Nc2ccccc2)cc(N(C)C)c1N(C)C. The molecule has 2 aromatic rings. The fourth-order valence-electron chi connectivity index (χ4n) is 2.99. The van der Waals surface area contributed by atoms with Gasteiger partial charge in [-0.15, -0.1) is 0 Å². The van der Waals surface area contributed by atoms with Gasteiger partial charge in [0, 0.05) is 48.5 Å². The van der Waals surface area contributed by atoms with Crippen molar-refractivity contribution in [3.8, 4) is 6.07 Å². The summed E-state index contributed by atoms with van der Waals surface area (Å²) >= 11 is 0. The Kier molecular flexibility index (Phi) is 6.84. The van der Waals surface area contributed by atoms with E-state index in [0.29, 0.717) is 6.42 Å². The molecule has 2 rings (SSSR count). The second kappa shape index (κ2) is 9.09. The van der Waals surface area contributed by atoms with E-state index in [4.69, 9.17) is 0 Å². The van der Waals surface area contributed by atoms with Crippen LogP contribution in [-0.4, -0.2) is 48.5 Å². The fraction of sp³-hybridized carbons (Fsp3) is 0.364. The molecule has 0 bridgehead atoms. The Morgan fingerprint density at radius 3 is 1.93 bits per heavy atom. The van der Waals surface area contributed by atoms with Crippen LogP contribution in [0.3, 0.4) is 0 Å². The van der Waals surface area contributed by atoms with Gasteiger partial charge in [0.25, 0.3) is 0 Å². The van der Waals surface area contributed by atoms with Crippen molar-refractivity contribution in [1.82, 2.24) is 0 Å². The van der Waals surface area contributed by atoms with Crippen molar-refractivity contribution in [3.05, 3.63) is 48.0 Å². The van der Waals surface area contributed by atoms with Gasteiger partial charge >= 0.3 is 0 Å². The van der Waals surface area contributed by atoms with Gasteiger partial charge in [-0.1, -0.05) is 18.2 Å². The number of nitrogens with zero attached hydrogens (tertiary/aromatic N) is 5. The molecule has 0 saturated carbocycles. The number of para-hydroxylation sites is 1. The van der Waals surface area contributed by atoms with E-state index < -0.39 is 0 Å². The maximum absolute atomic E-state index is 9.59. The van der Waals surface area contributed by atoms with Crippen molar-refractivity contribution in [1.29, 1.82) is 5.26 Å². The van der Waals surface area contributed by atoms with Crippen LogP contribution in [0.25, 0.3) is 0 Å². The van der Waals surface area contributed by atoms with Crippen LogP contribution < -0.4 is 14.7 Å². The summed E-state index contributed by atoms with van der Waals surface area (Å²) in [5.74, 6) is -0.277. The maximum Gasteiger partial charge on any atom is 0.0856 e. The van der Waals surface area contributed by atoms with Crippen molar-refractivity contribution in [3.63, 3.8) is 0 Å². The molecule has 0 radical (unpaired) electrons. The van der Waals surface area contributed by atoms with E-state index in [0.717, 1.165) is 22.6 Å². The number of rotatable bonds is 7.